The Morgan fingerprint density at radius 3 is 2.35 bits per heavy atom. The fourth-order valence-electron chi connectivity index (χ4n) is 2.45. The summed E-state index contributed by atoms with van der Waals surface area (Å²) in [6.45, 7) is 6.36. The molecule has 0 aliphatic carbocycles. The lowest BCUT2D eigenvalue weighted by Crippen LogP contribution is -2.20. The van der Waals surface area contributed by atoms with Crippen LogP contribution in [0.4, 0.5) is 5.69 Å². The lowest BCUT2D eigenvalue weighted by atomic mass is 9.85. The van der Waals surface area contributed by atoms with E-state index in [-0.39, 0.29) is 5.41 Å². The van der Waals surface area contributed by atoms with Crippen molar-refractivity contribution in [2.75, 3.05) is 4.72 Å². The maximum Gasteiger partial charge on any atom is 0.262 e. The summed E-state index contributed by atoms with van der Waals surface area (Å²) in [5.74, 6) is 0. The van der Waals surface area contributed by atoms with Crippen LogP contribution in [0.2, 0.25) is 0 Å². The minimum atomic E-state index is -3.47. The quantitative estimate of drug-likeness (QED) is 0.801. The monoisotopic (exact) mass is 287 g/mol. The van der Waals surface area contributed by atoms with Gasteiger partial charge in [0.05, 0.1) is 10.6 Å². The summed E-state index contributed by atoms with van der Waals surface area (Å²) < 4.78 is 27.2. The lowest BCUT2D eigenvalue weighted by Gasteiger charge is -2.25. The van der Waals surface area contributed by atoms with Crippen molar-refractivity contribution in [1.29, 1.82) is 0 Å². The molecule has 0 bridgehead atoms. The molecular weight excluding hydrogens is 270 g/mol. The third-order valence-electron chi connectivity index (χ3n) is 3.60. The molecule has 1 aliphatic rings. The van der Waals surface area contributed by atoms with Crippen LogP contribution in [0, 0.1) is 0 Å². The predicted molar refractivity (Wildman–Crippen MR) is 81.4 cm³/mol. The number of hydrogen-bond donors (Lipinski definition) is 1. The highest BCUT2D eigenvalue weighted by Gasteiger charge is 2.28. The Labute approximate surface area is 119 Å². The van der Waals surface area contributed by atoms with Gasteiger partial charge in [-0.25, -0.2) is 8.42 Å². The summed E-state index contributed by atoms with van der Waals surface area (Å²) in [5, 5.41) is 0. The number of hydrogen-bond acceptors (Lipinski definition) is 2. The van der Waals surface area contributed by atoms with Crippen molar-refractivity contribution in [3.63, 3.8) is 0 Å². The molecule has 0 amide bonds. The van der Waals surface area contributed by atoms with Gasteiger partial charge in [0.1, 0.15) is 0 Å². The smallest absolute Gasteiger partial charge is 0.262 e. The summed E-state index contributed by atoms with van der Waals surface area (Å²) in [5.41, 5.74) is 3.47. The van der Waals surface area contributed by atoms with Crippen molar-refractivity contribution in [1.82, 2.24) is 0 Å². The Hall–Kier alpha value is -1.81. The SMILES string of the molecule is CC(C)(C)c1ccc2c(c1)-c1ccccc1NS2(=O)=O. The molecular formula is C16H17NO2S. The molecule has 2 aromatic carbocycles. The van der Waals surface area contributed by atoms with Gasteiger partial charge in [-0.1, -0.05) is 45.0 Å². The van der Waals surface area contributed by atoms with Crippen LogP contribution >= 0.6 is 0 Å². The molecule has 1 aliphatic heterocycles. The maximum absolute atomic E-state index is 12.3. The molecule has 0 saturated carbocycles. The third-order valence-corrected chi connectivity index (χ3v) is 5.02. The van der Waals surface area contributed by atoms with Gasteiger partial charge in [0, 0.05) is 11.1 Å². The van der Waals surface area contributed by atoms with Gasteiger partial charge >= 0.3 is 0 Å². The van der Waals surface area contributed by atoms with Crippen molar-refractivity contribution < 1.29 is 8.42 Å². The van der Waals surface area contributed by atoms with E-state index in [0.717, 1.165) is 16.7 Å². The molecule has 20 heavy (non-hydrogen) atoms. The van der Waals surface area contributed by atoms with E-state index in [9.17, 15) is 8.42 Å². The van der Waals surface area contributed by atoms with Crippen LogP contribution in [0.5, 0.6) is 0 Å². The lowest BCUT2D eigenvalue weighted by molar-refractivity contribution is 0.587. The molecule has 1 N–H and O–H groups in total. The van der Waals surface area contributed by atoms with E-state index in [1.54, 1.807) is 12.1 Å². The van der Waals surface area contributed by atoms with Crippen molar-refractivity contribution in [2.45, 2.75) is 31.1 Å². The van der Waals surface area contributed by atoms with Gasteiger partial charge in [0.2, 0.25) is 0 Å². The van der Waals surface area contributed by atoms with Crippen LogP contribution in [-0.2, 0) is 15.4 Å². The van der Waals surface area contributed by atoms with E-state index in [0.29, 0.717) is 10.6 Å². The Morgan fingerprint density at radius 2 is 1.65 bits per heavy atom. The maximum atomic E-state index is 12.3. The van der Waals surface area contributed by atoms with Crippen LogP contribution in [0.3, 0.4) is 0 Å². The normalized spacial score (nSPS) is 15.9. The molecule has 3 nitrogen and oxygen atoms in total. The minimum Gasteiger partial charge on any atom is -0.279 e. The molecule has 4 heteroatoms. The number of anilines is 1. The van der Waals surface area contributed by atoms with E-state index < -0.39 is 10.0 Å². The number of nitrogens with one attached hydrogen (secondary N) is 1. The van der Waals surface area contributed by atoms with Crippen LogP contribution < -0.4 is 4.72 Å². The highest BCUT2D eigenvalue weighted by atomic mass is 32.2. The largest absolute Gasteiger partial charge is 0.279 e. The number of benzene rings is 2. The second-order valence-corrected chi connectivity index (χ2v) is 7.76. The zero-order valence-electron chi connectivity index (χ0n) is 11.8. The van der Waals surface area contributed by atoms with Gasteiger partial charge in [-0.05, 0) is 29.2 Å². The van der Waals surface area contributed by atoms with Crippen LogP contribution in [0.1, 0.15) is 26.3 Å². The van der Waals surface area contributed by atoms with Crippen LogP contribution in [0.25, 0.3) is 11.1 Å². The summed E-state index contributed by atoms with van der Waals surface area (Å²) >= 11 is 0. The standard InChI is InChI=1S/C16H17NO2S/c1-16(2,3)11-8-9-15-13(10-11)12-6-4-5-7-14(12)17-20(15,18)19/h4-10,17H,1-3H3. The van der Waals surface area contributed by atoms with Crippen molar-refractivity contribution >= 4 is 15.7 Å². The molecule has 2 aromatic rings. The molecule has 0 saturated heterocycles. The van der Waals surface area contributed by atoms with Gasteiger partial charge in [-0.15, -0.1) is 0 Å². The Kier molecular flexibility index (Phi) is 2.70. The van der Waals surface area contributed by atoms with E-state index >= 15 is 0 Å². The van der Waals surface area contributed by atoms with E-state index in [1.165, 1.54) is 0 Å². The van der Waals surface area contributed by atoms with E-state index in [4.69, 9.17) is 0 Å². The Balaban J connectivity index is 2.34. The first-order valence-electron chi connectivity index (χ1n) is 6.56. The molecule has 0 fully saturated rings. The number of rotatable bonds is 0. The van der Waals surface area contributed by atoms with Crippen LogP contribution in [0.15, 0.2) is 47.4 Å². The second-order valence-electron chi connectivity index (χ2n) is 6.11. The van der Waals surface area contributed by atoms with Crippen molar-refractivity contribution in [3.05, 3.63) is 48.0 Å². The Bertz CT molecular complexity index is 786. The summed E-state index contributed by atoms with van der Waals surface area (Å²) in [7, 11) is -3.47. The molecule has 0 spiro atoms. The van der Waals surface area contributed by atoms with Gasteiger partial charge in [-0.2, -0.15) is 0 Å². The molecule has 0 atom stereocenters. The molecule has 0 radical (unpaired) electrons. The second kappa shape index (κ2) is 4.09. The number of para-hydroxylation sites is 1. The van der Waals surface area contributed by atoms with Crippen LogP contribution in [-0.4, -0.2) is 8.42 Å². The highest BCUT2D eigenvalue weighted by Crippen LogP contribution is 2.40. The van der Waals surface area contributed by atoms with Gasteiger partial charge in [0.15, 0.2) is 0 Å². The Morgan fingerprint density at radius 1 is 0.950 bits per heavy atom. The molecule has 1 heterocycles. The first kappa shape index (κ1) is 13.2. The number of fused-ring (bicyclic) bond motifs is 3. The third kappa shape index (κ3) is 2.00. The first-order valence-corrected chi connectivity index (χ1v) is 8.04. The number of sulfonamides is 1. The van der Waals surface area contributed by atoms with Crippen molar-refractivity contribution in [2.24, 2.45) is 0 Å². The molecule has 3 rings (SSSR count). The average Bonchev–Trinajstić information content (AvgIpc) is 2.37. The predicted octanol–water partition coefficient (Wildman–Crippen LogP) is 3.77. The average molecular weight is 287 g/mol. The zero-order chi connectivity index (χ0) is 14.5. The van der Waals surface area contributed by atoms with Crippen molar-refractivity contribution in [3.8, 4) is 11.1 Å². The topological polar surface area (TPSA) is 46.2 Å². The summed E-state index contributed by atoms with van der Waals surface area (Å²) in [6.07, 6.45) is 0. The fourth-order valence-corrected chi connectivity index (χ4v) is 3.73. The van der Waals surface area contributed by atoms with E-state index in [1.807, 2.05) is 30.3 Å². The minimum absolute atomic E-state index is 0.0153. The van der Waals surface area contributed by atoms with Gasteiger partial charge < -0.3 is 0 Å². The first-order chi connectivity index (χ1) is 9.29. The molecule has 0 unspecified atom stereocenters. The van der Waals surface area contributed by atoms with E-state index in [2.05, 4.69) is 25.5 Å². The highest BCUT2D eigenvalue weighted by molar-refractivity contribution is 7.93. The molecule has 104 valence electrons. The summed E-state index contributed by atoms with van der Waals surface area (Å²) in [6, 6.07) is 13.1. The fraction of sp³-hybridized carbons (Fsp3) is 0.250. The van der Waals surface area contributed by atoms with Gasteiger partial charge in [0.25, 0.3) is 10.0 Å². The summed E-state index contributed by atoms with van der Waals surface area (Å²) in [4.78, 5) is 0.351. The van der Waals surface area contributed by atoms with Gasteiger partial charge in [-0.3, -0.25) is 4.72 Å². The zero-order valence-corrected chi connectivity index (χ0v) is 12.6. The molecule has 0 aromatic heterocycles.